The van der Waals surface area contributed by atoms with Crippen LogP contribution in [0.1, 0.15) is 40.0 Å². The summed E-state index contributed by atoms with van der Waals surface area (Å²) in [6, 6.07) is 0. The van der Waals surface area contributed by atoms with Crippen LogP contribution in [0.5, 0.6) is 0 Å². The van der Waals surface area contributed by atoms with E-state index >= 15 is 0 Å². The Labute approximate surface area is 129 Å². The quantitative estimate of drug-likeness (QED) is 0.566. The number of halogens is 1. The maximum Gasteiger partial charge on any atom is 0.410 e. The first kappa shape index (κ1) is 17.3. The van der Waals surface area contributed by atoms with Crippen molar-refractivity contribution < 1.29 is 14.3 Å². The van der Waals surface area contributed by atoms with Crippen molar-refractivity contribution in [3.63, 3.8) is 0 Å². The lowest BCUT2D eigenvalue weighted by Crippen LogP contribution is -2.53. The molecule has 0 atom stereocenters. The summed E-state index contributed by atoms with van der Waals surface area (Å²) in [5.74, 6) is 0.0148. The normalized spacial score (nSPS) is 16.5. The molecule has 20 heavy (non-hydrogen) atoms. The van der Waals surface area contributed by atoms with Crippen molar-refractivity contribution in [2.24, 2.45) is 0 Å². The summed E-state index contributed by atoms with van der Waals surface area (Å²) in [7, 11) is 0. The molecule has 0 spiro atoms. The highest BCUT2D eigenvalue weighted by atomic mass is 79.9. The Morgan fingerprint density at radius 3 is 2.50 bits per heavy atom. The Morgan fingerprint density at radius 1 is 1.25 bits per heavy atom. The number of carbonyl (C=O) groups is 2. The third-order valence-corrected chi connectivity index (χ3v) is 3.59. The summed E-state index contributed by atoms with van der Waals surface area (Å²) in [4.78, 5) is 27.2. The van der Waals surface area contributed by atoms with Gasteiger partial charge in [0.25, 0.3) is 0 Å². The van der Waals surface area contributed by atoms with Crippen molar-refractivity contribution in [3.8, 4) is 0 Å². The molecule has 0 N–H and O–H groups in total. The lowest BCUT2D eigenvalue weighted by atomic mass is 10.2. The summed E-state index contributed by atoms with van der Waals surface area (Å²) in [5.41, 5.74) is -0.521. The molecular formula is C14H25BrN2O3. The highest BCUT2D eigenvalue weighted by molar-refractivity contribution is 9.09. The van der Waals surface area contributed by atoms with Gasteiger partial charge in [-0.25, -0.2) is 4.79 Å². The Hall–Kier alpha value is -0.780. The molecule has 0 unspecified atom stereocenters. The van der Waals surface area contributed by atoms with Crippen molar-refractivity contribution in [3.05, 3.63) is 0 Å². The average molecular weight is 349 g/mol. The molecule has 0 aliphatic carbocycles. The lowest BCUT2D eigenvalue weighted by molar-refractivity contribution is -0.135. The average Bonchev–Trinajstić information content (AvgIpc) is 2.34. The first-order valence-electron chi connectivity index (χ1n) is 7.15. The number of carbonyl (C=O) groups excluding carboxylic acids is 2. The zero-order chi connectivity index (χ0) is 15.2. The number of ether oxygens (including phenoxy) is 1. The van der Waals surface area contributed by atoms with E-state index in [-0.39, 0.29) is 12.5 Å². The monoisotopic (exact) mass is 348 g/mol. The van der Waals surface area contributed by atoms with Crippen molar-refractivity contribution in [1.29, 1.82) is 0 Å². The van der Waals surface area contributed by atoms with E-state index in [1.807, 2.05) is 25.7 Å². The fourth-order valence-corrected chi connectivity index (χ4v) is 2.40. The van der Waals surface area contributed by atoms with Crippen LogP contribution in [0.2, 0.25) is 0 Å². The van der Waals surface area contributed by atoms with Gasteiger partial charge in [-0.05, 0) is 33.6 Å². The minimum Gasteiger partial charge on any atom is -0.444 e. The highest BCUT2D eigenvalue weighted by Gasteiger charge is 2.29. The summed E-state index contributed by atoms with van der Waals surface area (Å²) in [6.07, 6.45) is 2.87. The van der Waals surface area contributed by atoms with Crippen LogP contribution in [0.25, 0.3) is 0 Å². The molecule has 0 radical (unpaired) electrons. The zero-order valence-corrected chi connectivity index (χ0v) is 14.2. The smallest absolute Gasteiger partial charge is 0.410 e. The second-order valence-electron chi connectivity index (χ2n) is 6.03. The standard InChI is InChI=1S/C14H25BrN2O3/c1-14(2,3)20-13(19)17-10-9-16(12(18)11-17)8-6-4-5-7-15/h4-11H2,1-3H3. The van der Waals surface area contributed by atoms with Crippen molar-refractivity contribution in [2.75, 3.05) is 31.5 Å². The summed E-state index contributed by atoms with van der Waals surface area (Å²) >= 11 is 3.40. The molecule has 0 saturated carbocycles. The highest BCUT2D eigenvalue weighted by Crippen LogP contribution is 2.13. The Balaban J connectivity index is 2.35. The molecule has 1 aliphatic heterocycles. The minimum absolute atomic E-state index is 0.0148. The summed E-state index contributed by atoms with van der Waals surface area (Å²) < 4.78 is 5.28. The van der Waals surface area contributed by atoms with Crippen molar-refractivity contribution >= 4 is 27.9 Å². The van der Waals surface area contributed by atoms with Crippen molar-refractivity contribution in [2.45, 2.75) is 45.6 Å². The largest absolute Gasteiger partial charge is 0.444 e. The van der Waals surface area contributed by atoms with E-state index in [1.165, 1.54) is 4.90 Å². The maximum absolute atomic E-state index is 12.0. The lowest BCUT2D eigenvalue weighted by Gasteiger charge is -2.35. The van der Waals surface area contributed by atoms with Crippen molar-refractivity contribution in [1.82, 2.24) is 9.80 Å². The van der Waals surface area contributed by atoms with Gasteiger partial charge in [0.05, 0.1) is 0 Å². The Morgan fingerprint density at radius 2 is 1.95 bits per heavy atom. The number of alkyl halides is 1. The van der Waals surface area contributed by atoms with Gasteiger partial charge in [-0.15, -0.1) is 0 Å². The van der Waals surface area contributed by atoms with Crippen LogP contribution < -0.4 is 0 Å². The second-order valence-corrected chi connectivity index (χ2v) is 6.83. The topological polar surface area (TPSA) is 49.9 Å². The van der Waals surface area contributed by atoms with Gasteiger partial charge in [-0.1, -0.05) is 22.4 Å². The molecule has 1 fully saturated rings. The van der Waals surface area contributed by atoms with Gasteiger partial charge in [0.15, 0.2) is 0 Å². The summed E-state index contributed by atoms with van der Waals surface area (Å²) in [5, 5.41) is 1.01. The van der Waals surface area contributed by atoms with Crippen LogP contribution in [0, 0.1) is 0 Å². The molecule has 0 aromatic rings. The predicted octanol–water partition coefficient (Wildman–Crippen LogP) is 2.63. The molecule has 0 aromatic carbocycles. The predicted molar refractivity (Wildman–Crippen MR) is 82.0 cm³/mol. The van der Waals surface area contributed by atoms with E-state index < -0.39 is 11.7 Å². The van der Waals surface area contributed by atoms with Gasteiger partial charge < -0.3 is 9.64 Å². The van der Waals surface area contributed by atoms with Gasteiger partial charge in [-0.3, -0.25) is 9.69 Å². The first-order chi connectivity index (χ1) is 9.33. The number of hydrogen-bond acceptors (Lipinski definition) is 3. The number of rotatable bonds is 5. The number of hydrogen-bond donors (Lipinski definition) is 0. The van der Waals surface area contributed by atoms with Crippen LogP contribution in [-0.2, 0) is 9.53 Å². The number of piperazine rings is 1. The van der Waals surface area contributed by atoms with Crippen LogP contribution in [0.4, 0.5) is 4.79 Å². The SMILES string of the molecule is CC(C)(C)OC(=O)N1CCN(CCCCCBr)C(=O)C1. The fraction of sp³-hybridized carbons (Fsp3) is 0.857. The maximum atomic E-state index is 12.0. The molecule has 0 bridgehead atoms. The molecule has 1 heterocycles. The Kier molecular flexibility index (Phi) is 6.79. The van der Waals surface area contributed by atoms with Crippen LogP contribution in [-0.4, -0.2) is 58.9 Å². The number of unbranched alkanes of at least 4 members (excludes halogenated alkanes) is 2. The molecule has 116 valence electrons. The molecule has 5 nitrogen and oxygen atoms in total. The number of nitrogens with zero attached hydrogens (tertiary/aromatic N) is 2. The van der Waals surface area contributed by atoms with E-state index in [1.54, 1.807) is 0 Å². The molecule has 6 heteroatoms. The summed E-state index contributed by atoms with van der Waals surface area (Å²) in [6.45, 7) is 7.55. The van der Waals surface area contributed by atoms with Gasteiger partial charge in [0, 0.05) is 25.0 Å². The van der Waals surface area contributed by atoms with Crippen LogP contribution in [0.15, 0.2) is 0 Å². The second kappa shape index (κ2) is 7.86. The fourth-order valence-electron chi connectivity index (χ4n) is 2.00. The van der Waals surface area contributed by atoms with Crippen LogP contribution in [0.3, 0.4) is 0 Å². The zero-order valence-electron chi connectivity index (χ0n) is 12.7. The first-order valence-corrected chi connectivity index (χ1v) is 8.27. The van der Waals surface area contributed by atoms with E-state index in [0.717, 1.165) is 31.1 Å². The number of amides is 2. The van der Waals surface area contributed by atoms with Gasteiger partial charge in [0.1, 0.15) is 12.1 Å². The van der Waals surface area contributed by atoms with Gasteiger partial charge in [-0.2, -0.15) is 0 Å². The molecular weight excluding hydrogens is 324 g/mol. The Bertz CT molecular complexity index is 342. The molecule has 1 saturated heterocycles. The van der Waals surface area contributed by atoms with Crippen LogP contribution >= 0.6 is 15.9 Å². The van der Waals surface area contributed by atoms with E-state index in [9.17, 15) is 9.59 Å². The molecule has 0 aromatic heterocycles. The third-order valence-electron chi connectivity index (χ3n) is 3.03. The van der Waals surface area contributed by atoms with E-state index in [4.69, 9.17) is 4.74 Å². The third kappa shape index (κ3) is 6.11. The van der Waals surface area contributed by atoms with Gasteiger partial charge >= 0.3 is 6.09 Å². The van der Waals surface area contributed by atoms with E-state index in [2.05, 4.69) is 15.9 Å². The van der Waals surface area contributed by atoms with Gasteiger partial charge in [0.2, 0.25) is 5.91 Å². The van der Waals surface area contributed by atoms with E-state index in [0.29, 0.717) is 13.1 Å². The minimum atomic E-state index is -0.521. The molecule has 1 aliphatic rings. The molecule has 2 amide bonds. The molecule has 1 rings (SSSR count).